The van der Waals surface area contributed by atoms with Crippen LogP contribution in [0.1, 0.15) is 5.56 Å². The first kappa shape index (κ1) is 8.32. The molecule has 1 aromatic carbocycles. The van der Waals surface area contributed by atoms with Crippen LogP contribution in [-0.2, 0) is 6.54 Å². The minimum atomic E-state index is 0.777. The monoisotopic (exact) mass is 192 g/mol. The highest BCUT2D eigenvalue weighted by atomic mass is 35.5. The predicted octanol–water partition coefficient (Wildman–Crippen LogP) is 2.58. The molecule has 3 heteroatoms. The van der Waals surface area contributed by atoms with Gasteiger partial charge in [0.2, 0.25) is 0 Å². The molecule has 0 radical (unpaired) electrons. The van der Waals surface area contributed by atoms with Crippen LogP contribution in [0.4, 0.5) is 0 Å². The molecule has 0 N–H and O–H groups in total. The Kier molecular flexibility index (Phi) is 2.32. The highest BCUT2D eigenvalue weighted by Crippen LogP contribution is 2.15. The van der Waals surface area contributed by atoms with Crippen molar-refractivity contribution in [3.8, 4) is 0 Å². The Morgan fingerprint density at radius 1 is 1.31 bits per heavy atom. The predicted molar refractivity (Wildman–Crippen MR) is 52.8 cm³/mol. The highest BCUT2D eigenvalue weighted by molar-refractivity contribution is 6.31. The van der Waals surface area contributed by atoms with Crippen molar-refractivity contribution in [2.45, 2.75) is 6.54 Å². The molecule has 0 spiro atoms. The van der Waals surface area contributed by atoms with Crippen LogP contribution >= 0.6 is 11.6 Å². The van der Waals surface area contributed by atoms with Crippen molar-refractivity contribution >= 4 is 11.6 Å². The molecule has 0 aliphatic heterocycles. The highest BCUT2D eigenvalue weighted by Gasteiger charge is 1.98. The summed E-state index contributed by atoms with van der Waals surface area (Å²) in [4.78, 5) is 3.97. The molecule has 1 heterocycles. The molecule has 13 heavy (non-hydrogen) atoms. The third kappa shape index (κ3) is 1.90. The van der Waals surface area contributed by atoms with E-state index in [0.29, 0.717) is 0 Å². The maximum absolute atomic E-state index is 6.01. The van der Waals surface area contributed by atoms with Crippen LogP contribution in [0.2, 0.25) is 5.02 Å². The average molecular weight is 193 g/mol. The third-order valence-corrected chi connectivity index (χ3v) is 2.24. The molecular formula is C10H9ClN2. The Balaban J connectivity index is 2.24. The maximum Gasteiger partial charge on any atom is 0.0949 e. The zero-order valence-electron chi connectivity index (χ0n) is 7.02. The first-order chi connectivity index (χ1) is 6.36. The van der Waals surface area contributed by atoms with Crippen molar-refractivity contribution in [1.29, 1.82) is 0 Å². The molecule has 0 saturated heterocycles. The summed E-state index contributed by atoms with van der Waals surface area (Å²) < 4.78 is 1.99. The van der Waals surface area contributed by atoms with E-state index in [9.17, 15) is 0 Å². The van der Waals surface area contributed by atoms with Crippen LogP contribution in [0.25, 0.3) is 0 Å². The molecule has 0 aliphatic carbocycles. The van der Waals surface area contributed by atoms with Gasteiger partial charge in [0.1, 0.15) is 0 Å². The summed E-state index contributed by atoms with van der Waals surface area (Å²) in [7, 11) is 0. The fourth-order valence-electron chi connectivity index (χ4n) is 1.20. The normalized spacial score (nSPS) is 10.2. The molecule has 0 saturated carbocycles. The molecule has 0 fully saturated rings. The number of halogens is 1. The molecule has 0 unspecified atom stereocenters. The number of aromatic nitrogens is 2. The van der Waals surface area contributed by atoms with Crippen molar-refractivity contribution in [2.24, 2.45) is 0 Å². The van der Waals surface area contributed by atoms with Crippen molar-refractivity contribution in [3.63, 3.8) is 0 Å². The standard InChI is InChI=1S/C10H9ClN2/c11-10-4-2-1-3-9(10)7-13-6-5-12-8-13/h1-6,8H,7H2. The molecule has 0 atom stereocenters. The average Bonchev–Trinajstić information content (AvgIpc) is 2.61. The smallest absolute Gasteiger partial charge is 0.0949 e. The Morgan fingerprint density at radius 2 is 2.15 bits per heavy atom. The van der Waals surface area contributed by atoms with Gasteiger partial charge in [0.05, 0.1) is 6.33 Å². The van der Waals surface area contributed by atoms with Gasteiger partial charge in [-0.2, -0.15) is 0 Å². The second-order valence-electron chi connectivity index (χ2n) is 2.83. The fourth-order valence-corrected chi connectivity index (χ4v) is 1.40. The number of hydrogen-bond acceptors (Lipinski definition) is 1. The van der Waals surface area contributed by atoms with Gasteiger partial charge in [-0.15, -0.1) is 0 Å². The van der Waals surface area contributed by atoms with E-state index in [1.165, 1.54) is 0 Å². The van der Waals surface area contributed by atoms with Gasteiger partial charge >= 0.3 is 0 Å². The lowest BCUT2D eigenvalue weighted by Crippen LogP contribution is -1.96. The molecule has 2 nitrogen and oxygen atoms in total. The van der Waals surface area contributed by atoms with Crippen LogP contribution in [0.15, 0.2) is 43.0 Å². The van der Waals surface area contributed by atoms with Crippen LogP contribution in [0.3, 0.4) is 0 Å². The van der Waals surface area contributed by atoms with E-state index in [-0.39, 0.29) is 0 Å². The van der Waals surface area contributed by atoms with Gasteiger partial charge in [-0.1, -0.05) is 29.8 Å². The molecule has 0 amide bonds. The number of benzene rings is 1. The van der Waals surface area contributed by atoms with E-state index in [1.807, 2.05) is 35.0 Å². The fraction of sp³-hybridized carbons (Fsp3) is 0.100. The first-order valence-corrected chi connectivity index (χ1v) is 4.43. The van der Waals surface area contributed by atoms with Crippen LogP contribution < -0.4 is 0 Å². The maximum atomic E-state index is 6.01. The Hall–Kier alpha value is -1.28. The minimum Gasteiger partial charge on any atom is -0.333 e. The molecule has 1 aromatic heterocycles. The lowest BCUT2D eigenvalue weighted by atomic mass is 10.2. The SMILES string of the molecule is Clc1ccccc1Cn1ccnc1. The van der Waals surface area contributed by atoms with Crippen molar-refractivity contribution < 1.29 is 0 Å². The summed E-state index contributed by atoms with van der Waals surface area (Å²) in [6.07, 6.45) is 5.46. The Bertz CT molecular complexity index is 382. The summed E-state index contributed by atoms with van der Waals surface area (Å²) in [6, 6.07) is 7.83. The van der Waals surface area contributed by atoms with Crippen molar-refractivity contribution in [1.82, 2.24) is 9.55 Å². The van der Waals surface area contributed by atoms with Gasteiger partial charge in [0, 0.05) is 24.0 Å². The largest absolute Gasteiger partial charge is 0.333 e. The van der Waals surface area contributed by atoms with Gasteiger partial charge in [0.25, 0.3) is 0 Å². The van der Waals surface area contributed by atoms with E-state index in [4.69, 9.17) is 11.6 Å². The van der Waals surface area contributed by atoms with Crippen LogP contribution in [-0.4, -0.2) is 9.55 Å². The van der Waals surface area contributed by atoms with E-state index < -0.39 is 0 Å². The van der Waals surface area contributed by atoms with Crippen molar-refractivity contribution in [2.75, 3.05) is 0 Å². The van der Waals surface area contributed by atoms with Crippen LogP contribution in [0, 0.1) is 0 Å². The van der Waals surface area contributed by atoms with E-state index >= 15 is 0 Å². The molecule has 2 rings (SSSR count). The second-order valence-corrected chi connectivity index (χ2v) is 3.23. The van der Waals surface area contributed by atoms with Gasteiger partial charge in [-0.25, -0.2) is 4.98 Å². The third-order valence-electron chi connectivity index (χ3n) is 1.87. The molecule has 0 aliphatic rings. The van der Waals surface area contributed by atoms with E-state index in [2.05, 4.69) is 4.98 Å². The molecule has 66 valence electrons. The minimum absolute atomic E-state index is 0.777. The topological polar surface area (TPSA) is 17.8 Å². The number of rotatable bonds is 2. The molecule has 0 bridgehead atoms. The molecule has 2 aromatic rings. The second kappa shape index (κ2) is 3.62. The first-order valence-electron chi connectivity index (χ1n) is 4.05. The zero-order valence-corrected chi connectivity index (χ0v) is 7.78. The summed E-state index contributed by atoms with van der Waals surface area (Å²) in [6.45, 7) is 0.777. The van der Waals surface area contributed by atoms with Gasteiger partial charge in [-0.05, 0) is 11.6 Å². The van der Waals surface area contributed by atoms with Crippen molar-refractivity contribution in [3.05, 3.63) is 53.6 Å². The summed E-state index contributed by atoms with van der Waals surface area (Å²) in [5.74, 6) is 0. The summed E-state index contributed by atoms with van der Waals surface area (Å²) in [5, 5.41) is 0.802. The summed E-state index contributed by atoms with van der Waals surface area (Å²) in [5.41, 5.74) is 1.11. The van der Waals surface area contributed by atoms with Gasteiger partial charge in [0.15, 0.2) is 0 Å². The molecular weight excluding hydrogens is 184 g/mol. The summed E-state index contributed by atoms with van der Waals surface area (Å²) >= 11 is 6.01. The number of imidazole rings is 1. The zero-order chi connectivity index (χ0) is 9.10. The number of hydrogen-bond donors (Lipinski definition) is 0. The van der Waals surface area contributed by atoms with Gasteiger partial charge in [-0.3, -0.25) is 0 Å². The number of nitrogens with zero attached hydrogens (tertiary/aromatic N) is 2. The van der Waals surface area contributed by atoms with Crippen LogP contribution in [0.5, 0.6) is 0 Å². The van der Waals surface area contributed by atoms with E-state index in [1.54, 1.807) is 12.5 Å². The lowest BCUT2D eigenvalue weighted by molar-refractivity contribution is 0.797. The Morgan fingerprint density at radius 3 is 2.85 bits per heavy atom. The lowest BCUT2D eigenvalue weighted by Gasteiger charge is -2.03. The van der Waals surface area contributed by atoms with Gasteiger partial charge < -0.3 is 4.57 Å². The quantitative estimate of drug-likeness (QED) is 0.715. The van der Waals surface area contributed by atoms with E-state index in [0.717, 1.165) is 17.1 Å². The Labute approximate surface area is 81.8 Å².